The van der Waals surface area contributed by atoms with Crippen LogP contribution in [0.3, 0.4) is 0 Å². The van der Waals surface area contributed by atoms with Crippen LogP contribution in [0, 0.1) is 11.3 Å². The lowest BCUT2D eigenvalue weighted by Crippen LogP contribution is -2.31. The van der Waals surface area contributed by atoms with Crippen molar-refractivity contribution >= 4 is 33.1 Å². The lowest BCUT2D eigenvalue weighted by Gasteiger charge is -2.23. The standard InChI is InChI=1S/C21H21N3OS/c25-19(15-13-21(15)9-11-22-12-10-21)23-16-6-2-1-5-14(16)20-24-17-7-3-4-8-18(17)26-20/h1-8,15,22H,9-13H2,(H,23,25). The van der Waals surface area contributed by atoms with Gasteiger partial charge in [0.15, 0.2) is 0 Å². The second-order valence-electron chi connectivity index (χ2n) is 7.39. The minimum absolute atomic E-state index is 0.160. The Kier molecular flexibility index (Phi) is 3.80. The van der Waals surface area contributed by atoms with Crippen molar-refractivity contribution < 1.29 is 4.79 Å². The van der Waals surface area contributed by atoms with Crippen LogP contribution in [0.2, 0.25) is 0 Å². The van der Waals surface area contributed by atoms with Crippen LogP contribution >= 0.6 is 11.3 Å². The Balaban J connectivity index is 1.41. The van der Waals surface area contributed by atoms with Crippen LogP contribution in [0.15, 0.2) is 48.5 Å². The maximum atomic E-state index is 12.9. The first-order chi connectivity index (χ1) is 12.8. The minimum Gasteiger partial charge on any atom is -0.325 e. The summed E-state index contributed by atoms with van der Waals surface area (Å²) in [5.41, 5.74) is 3.12. The molecule has 5 heteroatoms. The van der Waals surface area contributed by atoms with Crippen molar-refractivity contribution in [1.29, 1.82) is 0 Å². The summed E-state index contributed by atoms with van der Waals surface area (Å²) in [4.78, 5) is 17.6. The molecule has 2 aromatic carbocycles. The van der Waals surface area contributed by atoms with Crippen LogP contribution < -0.4 is 10.6 Å². The number of amides is 1. The van der Waals surface area contributed by atoms with Crippen molar-refractivity contribution in [3.8, 4) is 10.6 Å². The molecule has 2 heterocycles. The smallest absolute Gasteiger partial charge is 0.228 e. The molecule has 2 aliphatic rings. The van der Waals surface area contributed by atoms with E-state index in [1.807, 2.05) is 42.5 Å². The number of aromatic nitrogens is 1. The van der Waals surface area contributed by atoms with Gasteiger partial charge in [0.05, 0.1) is 15.9 Å². The molecular weight excluding hydrogens is 342 g/mol. The largest absolute Gasteiger partial charge is 0.325 e. The van der Waals surface area contributed by atoms with Crippen molar-refractivity contribution in [2.45, 2.75) is 19.3 Å². The zero-order valence-corrected chi connectivity index (χ0v) is 15.3. The Morgan fingerprint density at radius 1 is 1.12 bits per heavy atom. The molecule has 0 radical (unpaired) electrons. The van der Waals surface area contributed by atoms with Crippen LogP contribution in [-0.2, 0) is 4.79 Å². The van der Waals surface area contributed by atoms with E-state index in [2.05, 4.69) is 16.7 Å². The number of carbonyl (C=O) groups is 1. The number of anilines is 1. The van der Waals surface area contributed by atoms with Crippen LogP contribution in [-0.4, -0.2) is 24.0 Å². The molecule has 26 heavy (non-hydrogen) atoms. The highest BCUT2D eigenvalue weighted by molar-refractivity contribution is 7.21. The van der Waals surface area contributed by atoms with Gasteiger partial charge in [0.1, 0.15) is 5.01 Å². The summed E-state index contributed by atoms with van der Waals surface area (Å²) >= 11 is 1.67. The van der Waals surface area contributed by atoms with Crippen LogP contribution in [0.5, 0.6) is 0 Å². The highest BCUT2D eigenvalue weighted by Gasteiger charge is 2.57. The highest BCUT2D eigenvalue weighted by Crippen LogP contribution is 2.58. The van der Waals surface area contributed by atoms with Gasteiger partial charge in [-0.05, 0) is 62.0 Å². The number of hydrogen-bond acceptors (Lipinski definition) is 4. The maximum absolute atomic E-state index is 12.9. The third-order valence-corrected chi connectivity index (χ3v) is 6.88. The Morgan fingerprint density at radius 2 is 1.88 bits per heavy atom. The highest BCUT2D eigenvalue weighted by atomic mass is 32.1. The second-order valence-corrected chi connectivity index (χ2v) is 8.42. The van der Waals surface area contributed by atoms with Gasteiger partial charge >= 0.3 is 0 Å². The molecule has 1 aliphatic carbocycles. The van der Waals surface area contributed by atoms with Gasteiger partial charge in [0, 0.05) is 11.5 Å². The number of carbonyl (C=O) groups excluding carboxylic acids is 1. The Hall–Kier alpha value is -2.24. The molecule has 1 unspecified atom stereocenters. The number of rotatable bonds is 3. The number of piperidine rings is 1. The molecule has 3 aromatic rings. The molecule has 1 aliphatic heterocycles. The third kappa shape index (κ3) is 2.72. The molecule has 1 spiro atoms. The van der Waals surface area contributed by atoms with E-state index >= 15 is 0 Å². The van der Waals surface area contributed by atoms with Gasteiger partial charge in [-0.3, -0.25) is 4.79 Å². The van der Waals surface area contributed by atoms with Crippen molar-refractivity contribution in [2.75, 3.05) is 18.4 Å². The van der Waals surface area contributed by atoms with Crippen molar-refractivity contribution in [3.63, 3.8) is 0 Å². The summed E-state index contributed by atoms with van der Waals surface area (Å²) < 4.78 is 1.17. The fourth-order valence-corrected chi connectivity index (χ4v) is 5.19. The predicted octanol–water partition coefficient (Wildman–Crippen LogP) is 4.29. The second kappa shape index (κ2) is 6.18. The van der Waals surface area contributed by atoms with Gasteiger partial charge in [0.2, 0.25) is 5.91 Å². The summed E-state index contributed by atoms with van der Waals surface area (Å²) in [5, 5.41) is 7.54. The SMILES string of the molecule is O=C(Nc1ccccc1-c1nc2ccccc2s1)C1CC12CCNCC2. The molecule has 132 valence electrons. The van der Waals surface area contributed by atoms with E-state index in [-0.39, 0.29) is 17.2 Å². The molecule has 0 bridgehead atoms. The van der Waals surface area contributed by atoms with Crippen LogP contribution in [0.25, 0.3) is 20.8 Å². The number of thiazole rings is 1. The van der Waals surface area contributed by atoms with Gasteiger partial charge in [-0.25, -0.2) is 4.98 Å². The monoisotopic (exact) mass is 363 g/mol. The molecule has 2 fully saturated rings. The molecule has 1 saturated heterocycles. The number of fused-ring (bicyclic) bond motifs is 1. The number of hydrogen-bond donors (Lipinski definition) is 2. The van der Waals surface area contributed by atoms with Gasteiger partial charge in [-0.1, -0.05) is 24.3 Å². The summed E-state index contributed by atoms with van der Waals surface area (Å²) in [7, 11) is 0. The van der Waals surface area contributed by atoms with E-state index in [1.165, 1.54) is 4.70 Å². The zero-order chi connectivity index (χ0) is 17.6. The first-order valence-corrected chi connectivity index (χ1v) is 10.0. The minimum atomic E-state index is 0.160. The van der Waals surface area contributed by atoms with Crippen LogP contribution in [0.1, 0.15) is 19.3 Å². The third-order valence-electron chi connectivity index (χ3n) is 5.81. The van der Waals surface area contributed by atoms with E-state index in [4.69, 9.17) is 4.98 Å². The van der Waals surface area contributed by atoms with E-state index in [1.54, 1.807) is 11.3 Å². The Bertz CT molecular complexity index is 941. The van der Waals surface area contributed by atoms with Gasteiger partial charge in [-0.15, -0.1) is 11.3 Å². The zero-order valence-electron chi connectivity index (χ0n) is 14.5. The number of benzene rings is 2. The van der Waals surface area contributed by atoms with Gasteiger partial charge in [-0.2, -0.15) is 0 Å². The van der Waals surface area contributed by atoms with E-state index in [0.29, 0.717) is 0 Å². The summed E-state index contributed by atoms with van der Waals surface area (Å²) in [6, 6.07) is 16.2. The van der Waals surface area contributed by atoms with Crippen LogP contribution in [0.4, 0.5) is 5.69 Å². The molecule has 1 amide bonds. The number of para-hydroxylation sites is 2. The fraction of sp³-hybridized carbons (Fsp3) is 0.333. The van der Waals surface area contributed by atoms with Crippen molar-refractivity contribution in [2.24, 2.45) is 11.3 Å². The van der Waals surface area contributed by atoms with E-state index in [9.17, 15) is 4.79 Å². The van der Waals surface area contributed by atoms with Crippen molar-refractivity contribution in [1.82, 2.24) is 10.3 Å². The Morgan fingerprint density at radius 3 is 2.73 bits per heavy atom. The maximum Gasteiger partial charge on any atom is 0.228 e. The molecule has 2 N–H and O–H groups in total. The van der Waals surface area contributed by atoms with E-state index < -0.39 is 0 Å². The van der Waals surface area contributed by atoms with Crippen molar-refractivity contribution in [3.05, 3.63) is 48.5 Å². The van der Waals surface area contributed by atoms with Gasteiger partial charge < -0.3 is 10.6 Å². The Labute approximate surface area is 156 Å². The van der Waals surface area contributed by atoms with E-state index in [0.717, 1.165) is 54.1 Å². The molecular formula is C21H21N3OS. The lowest BCUT2D eigenvalue weighted by molar-refractivity contribution is -0.118. The molecule has 1 atom stereocenters. The molecule has 5 rings (SSSR count). The summed E-state index contributed by atoms with van der Waals surface area (Å²) in [6.07, 6.45) is 3.26. The normalized spacial score (nSPS) is 21.0. The van der Waals surface area contributed by atoms with Gasteiger partial charge in [0.25, 0.3) is 0 Å². The molecule has 1 aromatic heterocycles. The summed E-state index contributed by atoms with van der Waals surface area (Å²) in [6.45, 7) is 2.07. The first-order valence-electron chi connectivity index (χ1n) is 9.22. The molecule has 1 saturated carbocycles. The predicted molar refractivity (Wildman–Crippen MR) is 106 cm³/mol. The average molecular weight is 363 g/mol. The number of nitrogens with zero attached hydrogens (tertiary/aromatic N) is 1. The quantitative estimate of drug-likeness (QED) is 0.730. The molecule has 4 nitrogen and oxygen atoms in total. The topological polar surface area (TPSA) is 54.0 Å². The number of nitrogens with one attached hydrogen (secondary N) is 2. The average Bonchev–Trinajstić information content (AvgIpc) is 3.18. The first kappa shape index (κ1) is 16.0. The lowest BCUT2D eigenvalue weighted by atomic mass is 9.91. The summed E-state index contributed by atoms with van der Waals surface area (Å²) in [5.74, 6) is 0.327. The fourth-order valence-electron chi connectivity index (χ4n) is 4.18.